The highest BCUT2D eigenvalue weighted by Gasteiger charge is 2.27. The molecule has 3 aromatic carbocycles. The van der Waals surface area contributed by atoms with Gasteiger partial charge in [-0.1, -0.05) is 54.6 Å². The van der Waals surface area contributed by atoms with Gasteiger partial charge in [-0.15, -0.1) is 0 Å². The van der Waals surface area contributed by atoms with Gasteiger partial charge in [-0.2, -0.15) is 10.2 Å². The van der Waals surface area contributed by atoms with E-state index in [1.807, 2.05) is 24.3 Å². The van der Waals surface area contributed by atoms with Gasteiger partial charge >= 0.3 is 0 Å². The topological polar surface area (TPSA) is 132 Å². The van der Waals surface area contributed by atoms with Crippen LogP contribution in [-0.2, 0) is 4.79 Å². The van der Waals surface area contributed by atoms with Crippen molar-refractivity contribution in [1.82, 2.24) is 25.9 Å². The predicted molar refractivity (Wildman–Crippen MR) is 133 cm³/mol. The number of carbonyl (C=O) groups excluding carboxylic acids is 2. The minimum atomic E-state index is -1.22. The standard InChI is InChI=1S/C26H20N6O3/c33-24(16-8-2-1-3-9-16)29-23(22-19-11-4-5-12-20(19)25(34)32-30-22)26(35)31-28-15-17-14-27-21-13-7-6-10-18(17)21/h1-15,23,27H,(H,29,33)(H,31,35)(H,32,34)/b28-15-/t23-/m1/s1. The number of carbonyl (C=O) groups is 2. The van der Waals surface area contributed by atoms with Crippen molar-refractivity contribution in [3.8, 4) is 0 Å². The Hall–Kier alpha value is -5.05. The lowest BCUT2D eigenvalue weighted by atomic mass is 10.0. The van der Waals surface area contributed by atoms with Crippen LogP contribution < -0.4 is 16.3 Å². The fourth-order valence-electron chi connectivity index (χ4n) is 3.85. The summed E-state index contributed by atoms with van der Waals surface area (Å²) in [5, 5.41) is 15.1. The molecule has 2 amide bonds. The van der Waals surface area contributed by atoms with Gasteiger partial charge in [-0.25, -0.2) is 10.5 Å². The number of para-hydroxylation sites is 1. The monoisotopic (exact) mass is 464 g/mol. The van der Waals surface area contributed by atoms with Gasteiger partial charge in [0.05, 0.1) is 11.6 Å². The molecule has 172 valence electrons. The van der Waals surface area contributed by atoms with Crippen molar-refractivity contribution in [2.45, 2.75) is 6.04 Å². The van der Waals surface area contributed by atoms with Crippen molar-refractivity contribution < 1.29 is 9.59 Å². The third kappa shape index (κ3) is 4.42. The highest BCUT2D eigenvalue weighted by atomic mass is 16.2. The molecule has 2 aromatic heterocycles. The third-order valence-electron chi connectivity index (χ3n) is 5.57. The number of benzene rings is 3. The summed E-state index contributed by atoms with van der Waals surface area (Å²) in [6.45, 7) is 0. The van der Waals surface area contributed by atoms with Crippen LogP contribution in [0.4, 0.5) is 0 Å². The summed E-state index contributed by atoms with van der Waals surface area (Å²) < 4.78 is 0. The molecule has 0 unspecified atom stereocenters. The van der Waals surface area contributed by atoms with E-state index in [-0.39, 0.29) is 5.69 Å². The van der Waals surface area contributed by atoms with Gasteiger partial charge < -0.3 is 10.3 Å². The molecule has 0 saturated heterocycles. The summed E-state index contributed by atoms with van der Waals surface area (Å²) in [5.41, 5.74) is 4.40. The van der Waals surface area contributed by atoms with E-state index in [0.717, 1.165) is 16.5 Å². The summed E-state index contributed by atoms with van der Waals surface area (Å²) in [7, 11) is 0. The molecule has 0 aliphatic rings. The van der Waals surface area contributed by atoms with Crippen molar-refractivity contribution >= 4 is 39.7 Å². The molecular formula is C26H20N6O3. The van der Waals surface area contributed by atoms with E-state index in [1.54, 1.807) is 60.8 Å². The van der Waals surface area contributed by atoms with Gasteiger partial charge in [0.15, 0.2) is 6.04 Å². The van der Waals surface area contributed by atoms with Crippen LogP contribution in [0.2, 0.25) is 0 Å². The first-order valence-corrected chi connectivity index (χ1v) is 10.8. The van der Waals surface area contributed by atoms with Crippen LogP contribution in [0.1, 0.15) is 27.7 Å². The molecule has 9 heteroatoms. The zero-order chi connectivity index (χ0) is 24.2. The molecule has 9 nitrogen and oxygen atoms in total. The summed E-state index contributed by atoms with van der Waals surface area (Å²) in [6, 6.07) is 21.8. The second-order valence-corrected chi connectivity index (χ2v) is 7.78. The average molecular weight is 464 g/mol. The smallest absolute Gasteiger partial charge is 0.272 e. The number of hydrogen-bond donors (Lipinski definition) is 4. The molecular weight excluding hydrogens is 444 g/mol. The van der Waals surface area contributed by atoms with E-state index in [2.05, 4.69) is 31.0 Å². The second kappa shape index (κ2) is 9.44. The highest BCUT2D eigenvalue weighted by Crippen LogP contribution is 2.21. The Balaban J connectivity index is 1.47. The van der Waals surface area contributed by atoms with Crippen molar-refractivity contribution in [2.75, 3.05) is 0 Å². The molecule has 5 aromatic rings. The lowest BCUT2D eigenvalue weighted by Crippen LogP contribution is -2.40. The first-order chi connectivity index (χ1) is 17.1. The summed E-state index contributed by atoms with van der Waals surface area (Å²) in [6.07, 6.45) is 3.30. The molecule has 0 spiro atoms. The van der Waals surface area contributed by atoms with Gasteiger partial charge in [0.2, 0.25) is 0 Å². The second-order valence-electron chi connectivity index (χ2n) is 7.78. The van der Waals surface area contributed by atoms with Crippen molar-refractivity contribution in [3.63, 3.8) is 0 Å². The molecule has 0 aliphatic carbocycles. The maximum Gasteiger partial charge on any atom is 0.272 e. The van der Waals surface area contributed by atoms with Crippen LogP contribution in [0, 0.1) is 0 Å². The lowest BCUT2D eigenvalue weighted by Gasteiger charge is -2.18. The molecule has 0 saturated carbocycles. The Morgan fingerprint density at radius 1 is 0.886 bits per heavy atom. The predicted octanol–water partition coefficient (Wildman–Crippen LogP) is 3.03. The van der Waals surface area contributed by atoms with Crippen LogP contribution in [0.3, 0.4) is 0 Å². The van der Waals surface area contributed by atoms with E-state index < -0.39 is 23.4 Å². The molecule has 0 aliphatic heterocycles. The van der Waals surface area contributed by atoms with Crippen molar-refractivity contribution in [1.29, 1.82) is 0 Å². The van der Waals surface area contributed by atoms with Gasteiger partial charge in [-0.3, -0.25) is 14.4 Å². The minimum absolute atomic E-state index is 0.198. The van der Waals surface area contributed by atoms with Crippen molar-refractivity contribution in [2.24, 2.45) is 5.10 Å². The molecule has 4 N–H and O–H groups in total. The number of H-pyrrole nitrogens is 2. The number of hydrogen-bond acceptors (Lipinski definition) is 5. The highest BCUT2D eigenvalue weighted by molar-refractivity contribution is 6.01. The van der Waals surface area contributed by atoms with Gasteiger partial charge in [0.1, 0.15) is 5.69 Å². The Morgan fingerprint density at radius 2 is 1.57 bits per heavy atom. The molecule has 0 bridgehead atoms. The van der Waals surface area contributed by atoms with Crippen LogP contribution in [0.5, 0.6) is 0 Å². The maximum atomic E-state index is 13.3. The zero-order valence-electron chi connectivity index (χ0n) is 18.4. The number of aromatic nitrogens is 3. The minimum Gasteiger partial charge on any atom is -0.361 e. The number of amides is 2. The van der Waals surface area contributed by atoms with Gasteiger partial charge in [0, 0.05) is 33.6 Å². The third-order valence-corrected chi connectivity index (χ3v) is 5.57. The fourth-order valence-corrected chi connectivity index (χ4v) is 3.85. The normalized spacial score (nSPS) is 12.1. The number of nitrogens with one attached hydrogen (secondary N) is 4. The number of nitrogens with zero attached hydrogens (tertiary/aromatic N) is 2. The molecule has 1 atom stereocenters. The number of hydrazone groups is 1. The average Bonchev–Trinajstić information content (AvgIpc) is 3.31. The largest absolute Gasteiger partial charge is 0.361 e. The van der Waals surface area contributed by atoms with Gasteiger partial charge in [-0.05, 0) is 24.3 Å². The van der Waals surface area contributed by atoms with Crippen LogP contribution >= 0.6 is 0 Å². The van der Waals surface area contributed by atoms with Crippen LogP contribution in [-0.4, -0.2) is 33.2 Å². The Morgan fingerprint density at radius 3 is 2.37 bits per heavy atom. The molecule has 35 heavy (non-hydrogen) atoms. The van der Waals surface area contributed by atoms with Crippen LogP contribution in [0.25, 0.3) is 21.7 Å². The lowest BCUT2D eigenvalue weighted by molar-refractivity contribution is -0.123. The van der Waals surface area contributed by atoms with E-state index in [4.69, 9.17) is 0 Å². The first kappa shape index (κ1) is 21.8. The molecule has 0 fully saturated rings. The van der Waals surface area contributed by atoms with E-state index >= 15 is 0 Å². The number of fused-ring (bicyclic) bond motifs is 2. The molecule has 2 heterocycles. The summed E-state index contributed by atoms with van der Waals surface area (Å²) >= 11 is 0. The van der Waals surface area contributed by atoms with Crippen LogP contribution in [0.15, 0.2) is 95.0 Å². The Bertz CT molecular complexity index is 1620. The van der Waals surface area contributed by atoms with E-state index in [1.165, 1.54) is 6.21 Å². The first-order valence-electron chi connectivity index (χ1n) is 10.8. The van der Waals surface area contributed by atoms with E-state index in [0.29, 0.717) is 16.3 Å². The SMILES string of the molecule is O=C(N[C@@H](C(=O)N/N=C\c1c[nH]c2ccccc12)c1n[nH]c(=O)c2ccccc12)c1ccccc1. The fraction of sp³-hybridized carbons (Fsp3) is 0.0385. The number of rotatable bonds is 6. The molecule has 0 radical (unpaired) electrons. The Kier molecular flexibility index (Phi) is 5.87. The van der Waals surface area contributed by atoms with E-state index in [9.17, 15) is 14.4 Å². The summed E-state index contributed by atoms with van der Waals surface area (Å²) in [5.74, 6) is -1.08. The quantitative estimate of drug-likeness (QED) is 0.227. The van der Waals surface area contributed by atoms with Crippen molar-refractivity contribution in [3.05, 3.63) is 112 Å². The molecule has 5 rings (SSSR count). The zero-order valence-corrected chi connectivity index (χ0v) is 18.4. The summed E-state index contributed by atoms with van der Waals surface area (Å²) in [4.78, 5) is 41.5. The van der Waals surface area contributed by atoms with Gasteiger partial charge in [0.25, 0.3) is 17.4 Å². The maximum absolute atomic E-state index is 13.3. The Labute approximate surface area is 198 Å². The number of aromatic amines is 2.